The Morgan fingerprint density at radius 1 is 1.29 bits per heavy atom. The highest BCUT2D eigenvalue weighted by atomic mass is 16.5. The molecule has 1 heterocycles. The summed E-state index contributed by atoms with van der Waals surface area (Å²) in [5.41, 5.74) is 2.59. The molecule has 2 aliphatic rings. The second kappa shape index (κ2) is 5.27. The van der Waals surface area contributed by atoms with Gasteiger partial charge in [0.05, 0.1) is 25.4 Å². The van der Waals surface area contributed by atoms with Crippen molar-refractivity contribution in [2.45, 2.75) is 44.4 Å². The van der Waals surface area contributed by atoms with Crippen LogP contribution in [-0.2, 0) is 23.2 Å². The SMILES string of the molecule is COc1ccc(C(C)(C)O)c2c1C[C@@H]1[C@@H](C2)OCCN1C. The lowest BCUT2D eigenvalue weighted by atomic mass is 9.78. The summed E-state index contributed by atoms with van der Waals surface area (Å²) in [6.07, 6.45) is 1.98. The molecule has 116 valence electrons. The molecule has 1 saturated heterocycles. The molecule has 0 radical (unpaired) electrons. The highest BCUT2D eigenvalue weighted by molar-refractivity contribution is 5.49. The Bertz CT molecular complexity index is 536. The summed E-state index contributed by atoms with van der Waals surface area (Å²) in [5, 5.41) is 10.5. The fourth-order valence-electron chi connectivity index (χ4n) is 3.69. The van der Waals surface area contributed by atoms with E-state index in [0.717, 1.165) is 37.3 Å². The van der Waals surface area contributed by atoms with Crippen molar-refractivity contribution >= 4 is 0 Å². The number of morpholine rings is 1. The second-order valence-corrected chi connectivity index (χ2v) is 6.70. The van der Waals surface area contributed by atoms with Gasteiger partial charge in [-0.3, -0.25) is 4.90 Å². The Hall–Kier alpha value is -1.10. The maximum atomic E-state index is 10.5. The summed E-state index contributed by atoms with van der Waals surface area (Å²) in [5.74, 6) is 0.926. The minimum absolute atomic E-state index is 0.212. The third-order valence-electron chi connectivity index (χ3n) is 4.86. The Morgan fingerprint density at radius 2 is 2.05 bits per heavy atom. The molecule has 1 aliphatic heterocycles. The van der Waals surface area contributed by atoms with Gasteiger partial charge in [-0.2, -0.15) is 0 Å². The van der Waals surface area contributed by atoms with Crippen LogP contribution >= 0.6 is 0 Å². The van der Waals surface area contributed by atoms with Crippen LogP contribution in [0.3, 0.4) is 0 Å². The highest BCUT2D eigenvalue weighted by Crippen LogP contribution is 2.39. The van der Waals surface area contributed by atoms with Gasteiger partial charge in [0.1, 0.15) is 5.75 Å². The van der Waals surface area contributed by atoms with Crippen LogP contribution in [0.5, 0.6) is 5.75 Å². The van der Waals surface area contributed by atoms with Gasteiger partial charge in [-0.25, -0.2) is 0 Å². The molecular weight excluding hydrogens is 266 g/mol. The van der Waals surface area contributed by atoms with Crippen molar-refractivity contribution in [3.05, 3.63) is 28.8 Å². The van der Waals surface area contributed by atoms with E-state index in [1.807, 2.05) is 26.0 Å². The maximum absolute atomic E-state index is 10.5. The number of ether oxygens (including phenoxy) is 2. The Kier molecular flexibility index (Phi) is 3.72. The molecule has 3 rings (SSSR count). The van der Waals surface area contributed by atoms with E-state index in [4.69, 9.17) is 9.47 Å². The molecule has 1 fully saturated rings. The molecule has 1 aromatic carbocycles. The number of hydrogen-bond acceptors (Lipinski definition) is 4. The van der Waals surface area contributed by atoms with Gasteiger partial charge in [-0.1, -0.05) is 6.07 Å². The minimum atomic E-state index is -0.843. The van der Waals surface area contributed by atoms with Crippen LogP contribution in [0.2, 0.25) is 0 Å². The summed E-state index contributed by atoms with van der Waals surface area (Å²) < 4.78 is 11.5. The van der Waals surface area contributed by atoms with E-state index < -0.39 is 5.60 Å². The molecule has 1 N–H and O–H groups in total. The first-order valence-corrected chi connectivity index (χ1v) is 7.65. The highest BCUT2D eigenvalue weighted by Gasteiger charge is 2.38. The van der Waals surface area contributed by atoms with Crippen LogP contribution in [0.4, 0.5) is 0 Å². The van der Waals surface area contributed by atoms with E-state index >= 15 is 0 Å². The molecule has 0 unspecified atom stereocenters. The summed E-state index contributed by atoms with van der Waals surface area (Å²) in [6.45, 7) is 5.45. The number of nitrogens with zero attached hydrogens (tertiary/aromatic N) is 1. The van der Waals surface area contributed by atoms with Crippen LogP contribution in [0, 0.1) is 0 Å². The lowest BCUT2D eigenvalue weighted by molar-refractivity contribution is -0.0652. The van der Waals surface area contributed by atoms with Gasteiger partial charge in [-0.05, 0) is 50.1 Å². The smallest absolute Gasteiger partial charge is 0.122 e. The molecule has 1 aromatic rings. The van der Waals surface area contributed by atoms with Gasteiger partial charge >= 0.3 is 0 Å². The fourth-order valence-corrected chi connectivity index (χ4v) is 3.69. The quantitative estimate of drug-likeness (QED) is 0.901. The van der Waals surface area contributed by atoms with Gasteiger partial charge in [0.2, 0.25) is 0 Å². The lowest BCUT2D eigenvalue weighted by Gasteiger charge is -2.44. The number of aliphatic hydroxyl groups is 1. The Morgan fingerprint density at radius 3 is 2.71 bits per heavy atom. The zero-order valence-corrected chi connectivity index (χ0v) is 13.3. The maximum Gasteiger partial charge on any atom is 0.122 e. The number of methoxy groups -OCH3 is 1. The average Bonchev–Trinajstić information content (AvgIpc) is 2.43. The first kappa shape index (κ1) is 14.8. The van der Waals surface area contributed by atoms with Crippen molar-refractivity contribution in [2.75, 3.05) is 27.3 Å². The molecular formula is C17H25NO3. The van der Waals surface area contributed by atoms with Gasteiger partial charge in [0.15, 0.2) is 0 Å². The molecule has 4 heteroatoms. The zero-order valence-electron chi connectivity index (χ0n) is 13.3. The van der Waals surface area contributed by atoms with E-state index in [1.54, 1.807) is 7.11 Å². The van der Waals surface area contributed by atoms with E-state index in [9.17, 15) is 5.11 Å². The van der Waals surface area contributed by atoms with Crippen LogP contribution in [0.1, 0.15) is 30.5 Å². The van der Waals surface area contributed by atoms with E-state index in [2.05, 4.69) is 11.9 Å². The minimum Gasteiger partial charge on any atom is -0.496 e. The number of rotatable bonds is 2. The molecule has 0 aromatic heterocycles. The Balaban J connectivity index is 2.08. The van der Waals surface area contributed by atoms with Crippen molar-refractivity contribution in [1.29, 1.82) is 0 Å². The lowest BCUT2D eigenvalue weighted by Crippen LogP contribution is -2.53. The molecule has 0 saturated carbocycles. The summed E-state index contributed by atoms with van der Waals surface area (Å²) in [7, 11) is 3.88. The predicted octanol–water partition coefficient (Wildman–Crippen LogP) is 1.72. The molecule has 0 amide bonds. The van der Waals surface area contributed by atoms with Gasteiger partial charge < -0.3 is 14.6 Å². The second-order valence-electron chi connectivity index (χ2n) is 6.70. The van der Waals surface area contributed by atoms with Crippen molar-refractivity contribution in [3.63, 3.8) is 0 Å². The van der Waals surface area contributed by atoms with Crippen LogP contribution < -0.4 is 4.74 Å². The fraction of sp³-hybridized carbons (Fsp3) is 0.647. The van der Waals surface area contributed by atoms with Gasteiger partial charge in [0, 0.05) is 19.0 Å². The number of fused-ring (bicyclic) bond motifs is 2. The molecule has 21 heavy (non-hydrogen) atoms. The summed E-state index contributed by atoms with van der Waals surface area (Å²) in [6, 6.07) is 4.37. The average molecular weight is 291 g/mol. The molecule has 1 aliphatic carbocycles. The summed E-state index contributed by atoms with van der Waals surface area (Å²) >= 11 is 0. The third kappa shape index (κ3) is 2.56. The van der Waals surface area contributed by atoms with Crippen molar-refractivity contribution in [1.82, 2.24) is 4.90 Å². The largest absolute Gasteiger partial charge is 0.496 e. The predicted molar refractivity (Wildman–Crippen MR) is 81.8 cm³/mol. The number of benzene rings is 1. The number of hydrogen-bond donors (Lipinski definition) is 1. The first-order chi connectivity index (χ1) is 9.91. The zero-order chi connectivity index (χ0) is 15.2. The summed E-state index contributed by atoms with van der Waals surface area (Å²) in [4.78, 5) is 2.38. The van der Waals surface area contributed by atoms with E-state index in [-0.39, 0.29) is 6.10 Å². The standard InChI is InChI=1S/C17H25NO3/c1-17(2,19)13-5-6-15(20-4)12-9-14-16(10-11(12)13)21-8-7-18(14)3/h5-6,14,16,19H,7-10H2,1-4H3/t14-,16-/m1/s1. The van der Waals surface area contributed by atoms with Crippen LogP contribution in [-0.4, -0.2) is 49.5 Å². The third-order valence-corrected chi connectivity index (χ3v) is 4.86. The normalized spacial score (nSPS) is 26.1. The van der Waals surface area contributed by atoms with Gasteiger partial charge in [0.25, 0.3) is 0 Å². The molecule has 2 atom stereocenters. The Labute approximate surface area is 126 Å². The van der Waals surface area contributed by atoms with Gasteiger partial charge in [-0.15, -0.1) is 0 Å². The van der Waals surface area contributed by atoms with E-state index in [0.29, 0.717) is 6.04 Å². The van der Waals surface area contributed by atoms with Crippen molar-refractivity contribution in [3.8, 4) is 5.75 Å². The van der Waals surface area contributed by atoms with E-state index in [1.165, 1.54) is 11.1 Å². The molecule has 0 spiro atoms. The van der Waals surface area contributed by atoms with Crippen LogP contribution in [0.15, 0.2) is 12.1 Å². The molecule has 4 nitrogen and oxygen atoms in total. The molecule has 0 bridgehead atoms. The number of likely N-dealkylation sites (N-methyl/N-ethyl adjacent to an activating group) is 1. The monoisotopic (exact) mass is 291 g/mol. The van der Waals surface area contributed by atoms with Crippen molar-refractivity contribution in [2.24, 2.45) is 0 Å². The van der Waals surface area contributed by atoms with Crippen molar-refractivity contribution < 1.29 is 14.6 Å². The van der Waals surface area contributed by atoms with Crippen LogP contribution in [0.25, 0.3) is 0 Å². The first-order valence-electron chi connectivity index (χ1n) is 7.65. The topological polar surface area (TPSA) is 41.9 Å².